The van der Waals surface area contributed by atoms with Crippen molar-refractivity contribution in [3.05, 3.63) is 71.8 Å². The Labute approximate surface area is 150 Å². The highest BCUT2D eigenvalue weighted by Gasteiger charge is 2.14. The molecule has 0 spiro atoms. The van der Waals surface area contributed by atoms with Crippen molar-refractivity contribution in [2.45, 2.75) is 13.8 Å². The maximum atomic E-state index is 13.6. The van der Waals surface area contributed by atoms with Gasteiger partial charge in [-0.25, -0.2) is 9.18 Å². The van der Waals surface area contributed by atoms with Gasteiger partial charge >= 0.3 is 12.0 Å². The first kappa shape index (κ1) is 17.3. The largest absolute Gasteiger partial charge is 0.424 e. The topological polar surface area (TPSA) is 76.1 Å². The van der Waals surface area contributed by atoms with E-state index >= 15 is 0 Å². The monoisotopic (exact) mass is 352 g/mol. The molecule has 0 fully saturated rings. The Balaban J connectivity index is 1.74. The molecule has 0 radical (unpaired) electrons. The van der Waals surface area contributed by atoms with Crippen molar-refractivity contribution in [1.29, 1.82) is 0 Å². The Morgan fingerprint density at radius 3 is 2.19 bits per heavy atom. The van der Waals surface area contributed by atoms with Crippen LogP contribution in [0.3, 0.4) is 0 Å². The lowest BCUT2D eigenvalue weighted by Gasteiger charge is -2.13. The number of carbonyl (C=O) groups excluding carboxylic acids is 1. The normalized spacial score (nSPS) is 10.3. The number of hydrogen-bond acceptors (Lipinski definition) is 4. The summed E-state index contributed by atoms with van der Waals surface area (Å²) < 4.78 is 19.2. The zero-order valence-corrected chi connectivity index (χ0v) is 14.3. The van der Waals surface area contributed by atoms with E-state index in [-0.39, 0.29) is 11.7 Å². The van der Waals surface area contributed by atoms with E-state index < -0.39 is 11.8 Å². The molecule has 0 bridgehead atoms. The first-order chi connectivity index (χ1) is 12.5. The van der Waals surface area contributed by atoms with Crippen LogP contribution in [-0.4, -0.2) is 16.0 Å². The van der Waals surface area contributed by atoms with Crippen LogP contribution in [0.5, 0.6) is 11.8 Å². The number of rotatable bonds is 4. The first-order valence-electron chi connectivity index (χ1n) is 7.93. The molecule has 26 heavy (non-hydrogen) atoms. The van der Waals surface area contributed by atoms with E-state index in [1.807, 2.05) is 18.2 Å². The molecule has 0 saturated heterocycles. The van der Waals surface area contributed by atoms with Gasteiger partial charge in [-0.3, -0.25) is 0 Å². The Hall–Kier alpha value is -3.48. The summed E-state index contributed by atoms with van der Waals surface area (Å²) >= 11 is 0. The zero-order valence-electron chi connectivity index (χ0n) is 14.3. The number of nitrogens with one attached hydrogen (secondary N) is 2. The Bertz CT molecular complexity index is 909. The van der Waals surface area contributed by atoms with Gasteiger partial charge < -0.3 is 15.4 Å². The summed E-state index contributed by atoms with van der Waals surface area (Å²) in [5.74, 6) is 0.100. The number of aromatic nitrogens is 2. The average Bonchev–Trinajstić information content (AvgIpc) is 2.61. The molecule has 132 valence electrons. The van der Waals surface area contributed by atoms with Gasteiger partial charge in [-0.05, 0) is 38.1 Å². The highest BCUT2D eigenvalue weighted by atomic mass is 19.1. The molecular formula is C19H17FN4O2. The van der Waals surface area contributed by atoms with Crippen LogP contribution in [0.25, 0.3) is 0 Å². The molecule has 3 aromatic rings. The quantitative estimate of drug-likeness (QED) is 0.715. The Morgan fingerprint density at radius 2 is 1.54 bits per heavy atom. The highest BCUT2D eigenvalue weighted by Crippen LogP contribution is 2.23. The minimum absolute atomic E-state index is 0.0882. The molecule has 0 atom stereocenters. The van der Waals surface area contributed by atoms with Crippen LogP contribution in [0.1, 0.15) is 11.4 Å². The molecule has 0 aliphatic rings. The lowest BCUT2D eigenvalue weighted by atomic mass is 10.3. The maximum Gasteiger partial charge on any atom is 0.323 e. The van der Waals surface area contributed by atoms with E-state index in [0.29, 0.717) is 22.8 Å². The summed E-state index contributed by atoms with van der Waals surface area (Å²) in [7, 11) is 0. The third kappa shape index (κ3) is 4.13. The molecule has 0 saturated carbocycles. The minimum atomic E-state index is -0.582. The second kappa shape index (κ2) is 7.60. The van der Waals surface area contributed by atoms with Crippen molar-refractivity contribution < 1.29 is 13.9 Å². The number of nitrogens with zero attached hydrogens (tertiary/aromatic N) is 2. The summed E-state index contributed by atoms with van der Waals surface area (Å²) in [5, 5.41) is 5.10. The third-order valence-corrected chi connectivity index (χ3v) is 3.56. The highest BCUT2D eigenvalue weighted by molar-refractivity contribution is 6.00. The molecule has 0 unspecified atom stereocenters. The molecule has 3 rings (SSSR count). The van der Waals surface area contributed by atoms with Gasteiger partial charge in [0.1, 0.15) is 11.6 Å². The van der Waals surface area contributed by atoms with Crippen molar-refractivity contribution in [1.82, 2.24) is 9.97 Å². The predicted octanol–water partition coefficient (Wildman–Crippen LogP) is 4.67. The van der Waals surface area contributed by atoms with Gasteiger partial charge in [-0.2, -0.15) is 9.97 Å². The van der Waals surface area contributed by atoms with Crippen molar-refractivity contribution in [2.75, 3.05) is 10.6 Å². The van der Waals surface area contributed by atoms with E-state index in [9.17, 15) is 9.18 Å². The van der Waals surface area contributed by atoms with Gasteiger partial charge in [-0.15, -0.1) is 0 Å². The van der Waals surface area contributed by atoms with Crippen LogP contribution < -0.4 is 15.4 Å². The van der Waals surface area contributed by atoms with Gasteiger partial charge in [0.05, 0.1) is 22.8 Å². The Kier molecular flexibility index (Phi) is 5.07. The molecular weight excluding hydrogens is 335 g/mol. The smallest absolute Gasteiger partial charge is 0.323 e. The zero-order chi connectivity index (χ0) is 18.5. The third-order valence-electron chi connectivity index (χ3n) is 3.56. The van der Waals surface area contributed by atoms with E-state index in [4.69, 9.17) is 4.74 Å². The number of ether oxygens (including phenoxy) is 1. The summed E-state index contributed by atoms with van der Waals surface area (Å²) in [6.07, 6.45) is 0. The van der Waals surface area contributed by atoms with Gasteiger partial charge in [0.25, 0.3) is 0 Å². The standard InChI is InChI=1S/C19H17FN4O2/c1-12-17(24-18(25)23-16-11-7-6-10-15(16)20)13(2)22-19(21-12)26-14-8-4-3-5-9-14/h3-11H,1-2H3,(H2,23,24,25). The van der Waals surface area contributed by atoms with Gasteiger partial charge in [0, 0.05) is 0 Å². The minimum Gasteiger partial charge on any atom is -0.424 e. The SMILES string of the molecule is Cc1nc(Oc2ccccc2)nc(C)c1NC(=O)Nc1ccccc1F. The van der Waals surface area contributed by atoms with Crippen LogP contribution in [0.15, 0.2) is 54.6 Å². The van der Waals surface area contributed by atoms with Crippen molar-refractivity contribution >= 4 is 17.4 Å². The number of aryl methyl sites for hydroxylation is 2. The van der Waals surface area contributed by atoms with Crippen molar-refractivity contribution in [2.24, 2.45) is 0 Å². The molecule has 6 nitrogen and oxygen atoms in total. The second-order valence-electron chi connectivity index (χ2n) is 5.53. The fourth-order valence-electron chi connectivity index (χ4n) is 2.34. The molecule has 2 amide bonds. The van der Waals surface area contributed by atoms with Crippen LogP contribution in [-0.2, 0) is 0 Å². The van der Waals surface area contributed by atoms with Crippen LogP contribution in [0.2, 0.25) is 0 Å². The number of para-hydroxylation sites is 2. The average molecular weight is 352 g/mol. The second-order valence-corrected chi connectivity index (χ2v) is 5.53. The summed E-state index contributed by atoms with van der Waals surface area (Å²) in [6, 6.07) is 14.7. The lowest BCUT2D eigenvalue weighted by molar-refractivity contribution is 0.262. The maximum absolute atomic E-state index is 13.6. The van der Waals surface area contributed by atoms with Crippen molar-refractivity contribution in [3.63, 3.8) is 0 Å². The number of urea groups is 1. The van der Waals surface area contributed by atoms with Crippen LogP contribution >= 0.6 is 0 Å². The Morgan fingerprint density at radius 1 is 0.923 bits per heavy atom. The van der Waals surface area contributed by atoms with Crippen molar-refractivity contribution in [3.8, 4) is 11.8 Å². The lowest BCUT2D eigenvalue weighted by Crippen LogP contribution is -2.22. The molecule has 0 aliphatic carbocycles. The fourth-order valence-corrected chi connectivity index (χ4v) is 2.34. The number of hydrogen-bond donors (Lipinski definition) is 2. The van der Waals surface area contributed by atoms with E-state index in [0.717, 1.165) is 0 Å². The number of carbonyl (C=O) groups is 1. The van der Waals surface area contributed by atoms with Gasteiger partial charge in [-0.1, -0.05) is 30.3 Å². The van der Waals surface area contributed by atoms with Gasteiger partial charge in [0.2, 0.25) is 0 Å². The molecule has 1 aromatic heterocycles. The number of halogens is 1. The van der Waals surface area contributed by atoms with E-state index in [1.54, 1.807) is 38.1 Å². The van der Waals surface area contributed by atoms with E-state index in [2.05, 4.69) is 20.6 Å². The number of benzene rings is 2. The summed E-state index contributed by atoms with van der Waals surface area (Å²) in [5.41, 5.74) is 1.60. The molecule has 2 N–H and O–H groups in total. The fraction of sp³-hybridized carbons (Fsp3) is 0.105. The van der Waals surface area contributed by atoms with E-state index in [1.165, 1.54) is 12.1 Å². The predicted molar refractivity (Wildman–Crippen MR) is 97.1 cm³/mol. The molecule has 2 aromatic carbocycles. The van der Waals surface area contributed by atoms with Gasteiger partial charge in [0.15, 0.2) is 0 Å². The summed E-state index contributed by atoms with van der Waals surface area (Å²) in [6.45, 7) is 3.45. The number of amides is 2. The van der Waals surface area contributed by atoms with Crippen LogP contribution in [0.4, 0.5) is 20.6 Å². The van der Waals surface area contributed by atoms with Crippen LogP contribution in [0, 0.1) is 19.7 Å². The first-order valence-corrected chi connectivity index (χ1v) is 7.93. The molecule has 0 aliphatic heterocycles. The number of anilines is 2. The summed E-state index contributed by atoms with van der Waals surface area (Å²) in [4.78, 5) is 20.7. The molecule has 7 heteroatoms. The molecule has 1 heterocycles.